The normalized spacial score (nSPS) is 10.3. The Bertz CT molecular complexity index is 604. The summed E-state index contributed by atoms with van der Waals surface area (Å²) in [7, 11) is 0. The molecule has 0 radical (unpaired) electrons. The van der Waals surface area contributed by atoms with Gasteiger partial charge in [0, 0.05) is 16.6 Å². The molecule has 106 valence electrons. The third-order valence-electron chi connectivity index (χ3n) is 2.78. The molecule has 0 unspecified atom stereocenters. The summed E-state index contributed by atoms with van der Waals surface area (Å²) < 4.78 is 19.7. The van der Waals surface area contributed by atoms with E-state index in [-0.39, 0.29) is 11.6 Å². The predicted molar refractivity (Wildman–Crippen MR) is 80.7 cm³/mol. The molecular weight excluding hydrogens is 325 g/mol. The quantitative estimate of drug-likeness (QED) is 0.853. The van der Waals surface area contributed by atoms with Crippen LogP contribution in [0, 0.1) is 5.82 Å². The first-order valence-electron chi connectivity index (χ1n) is 6.24. The summed E-state index contributed by atoms with van der Waals surface area (Å²) in [6, 6.07) is 10.0. The molecular formula is C15H15BrFNO2. The predicted octanol–water partition coefficient (Wildman–Crippen LogP) is 4.30. The summed E-state index contributed by atoms with van der Waals surface area (Å²) in [5, 5.41) is 13.0. The molecule has 0 aliphatic rings. The fraction of sp³-hybridized carbons (Fsp3) is 0.200. The minimum absolute atomic E-state index is 0.0827. The average molecular weight is 340 g/mol. The number of phenolic OH excluding ortho intramolecular Hbond substituents is 1. The number of ether oxygens (including phenoxy) is 1. The monoisotopic (exact) mass is 339 g/mol. The van der Waals surface area contributed by atoms with Gasteiger partial charge in [-0.2, -0.15) is 0 Å². The zero-order valence-corrected chi connectivity index (χ0v) is 12.6. The highest BCUT2D eigenvalue weighted by atomic mass is 79.9. The van der Waals surface area contributed by atoms with Crippen LogP contribution in [0.15, 0.2) is 40.9 Å². The molecule has 0 atom stereocenters. The number of phenols is 1. The Balaban J connectivity index is 2.12. The molecule has 0 spiro atoms. The van der Waals surface area contributed by atoms with Crippen LogP contribution in [0.3, 0.4) is 0 Å². The minimum atomic E-state index is -0.347. The second-order valence-corrected chi connectivity index (χ2v) is 5.09. The van der Waals surface area contributed by atoms with Crippen LogP contribution in [-0.2, 0) is 6.54 Å². The topological polar surface area (TPSA) is 41.5 Å². The van der Waals surface area contributed by atoms with Gasteiger partial charge in [0.25, 0.3) is 0 Å². The third-order valence-corrected chi connectivity index (χ3v) is 3.28. The van der Waals surface area contributed by atoms with E-state index in [2.05, 4.69) is 21.2 Å². The summed E-state index contributed by atoms with van der Waals surface area (Å²) >= 11 is 3.21. The van der Waals surface area contributed by atoms with Gasteiger partial charge in [0.1, 0.15) is 5.82 Å². The molecule has 0 bridgehead atoms. The van der Waals surface area contributed by atoms with E-state index in [1.807, 2.05) is 6.92 Å². The molecule has 5 heteroatoms. The van der Waals surface area contributed by atoms with Crippen molar-refractivity contribution < 1.29 is 14.2 Å². The van der Waals surface area contributed by atoms with Crippen LogP contribution in [0.5, 0.6) is 11.5 Å². The van der Waals surface area contributed by atoms with Crippen molar-refractivity contribution in [3.63, 3.8) is 0 Å². The molecule has 0 heterocycles. The number of benzene rings is 2. The minimum Gasteiger partial charge on any atom is -0.504 e. The lowest BCUT2D eigenvalue weighted by atomic mass is 10.1. The highest BCUT2D eigenvalue weighted by Crippen LogP contribution is 2.30. The first-order chi connectivity index (χ1) is 9.61. The molecule has 3 nitrogen and oxygen atoms in total. The van der Waals surface area contributed by atoms with Gasteiger partial charge >= 0.3 is 0 Å². The first-order valence-corrected chi connectivity index (χ1v) is 7.03. The van der Waals surface area contributed by atoms with Crippen LogP contribution in [0.2, 0.25) is 0 Å². The summed E-state index contributed by atoms with van der Waals surface area (Å²) in [5.74, 6) is 0.169. The number of aromatic hydroxyl groups is 1. The number of halogens is 2. The van der Waals surface area contributed by atoms with Crippen molar-refractivity contribution >= 4 is 21.6 Å². The third kappa shape index (κ3) is 3.42. The van der Waals surface area contributed by atoms with Crippen LogP contribution in [-0.4, -0.2) is 11.7 Å². The van der Waals surface area contributed by atoms with Crippen LogP contribution in [0.1, 0.15) is 12.5 Å². The fourth-order valence-electron chi connectivity index (χ4n) is 1.81. The molecule has 0 amide bonds. The maximum absolute atomic E-state index is 13.7. The Morgan fingerprint density at radius 2 is 2.10 bits per heavy atom. The van der Waals surface area contributed by atoms with E-state index in [0.29, 0.717) is 34.6 Å². The molecule has 0 aliphatic carbocycles. The van der Waals surface area contributed by atoms with Gasteiger partial charge in [-0.3, -0.25) is 0 Å². The van der Waals surface area contributed by atoms with Crippen molar-refractivity contribution in [1.82, 2.24) is 0 Å². The second kappa shape index (κ2) is 6.61. The van der Waals surface area contributed by atoms with E-state index >= 15 is 0 Å². The van der Waals surface area contributed by atoms with Crippen LogP contribution in [0.25, 0.3) is 0 Å². The van der Waals surface area contributed by atoms with Crippen LogP contribution in [0.4, 0.5) is 10.1 Å². The van der Waals surface area contributed by atoms with Crippen molar-refractivity contribution in [1.29, 1.82) is 0 Å². The molecule has 0 aromatic heterocycles. The van der Waals surface area contributed by atoms with Gasteiger partial charge < -0.3 is 15.2 Å². The Morgan fingerprint density at radius 3 is 2.80 bits per heavy atom. The van der Waals surface area contributed by atoms with E-state index in [1.165, 1.54) is 6.07 Å². The molecule has 0 saturated carbocycles. The number of para-hydroxylation sites is 1. The van der Waals surface area contributed by atoms with Gasteiger partial charge in [-0.05, 0) is 31.2 Å². The van der Waals surface area contributed by atoms with Gasteiger partial charge in [-0.25, -0.2) is 4.39 Å². The van der Waals surface area contributed by atoms with E-state index in [1.54, 1.807) is 30.3 Å². The molecule has 2 N–H and O–H groups in total. The van der Waals surface area contributed by atoms with Crippen molar-refractivity contribution in [2.45, 2.75) is 13.5 Å². The fourth-order valence-corrected chi connectivity index (χ4v) is 2.14. The maximum Gasteiger partial charge on any atom is 0.162 e. The summed E-state index contributed by atoms with van der Waals surface area (Å²) in [6.07, 6.45) is 0. The second-order valence-electron chi connectivity index (χ2n) is 4.17. The van der Waals surface area contributed by atoms with E-state index in [4.69, 9.17) is 4.74 Å². The molecule has 20 heavy (non-hydrogen) atoms. The number of hydrogen-bond acceptors (Lipinski definition) is 3. The lowest BCUT2D eigenvalue weighted by molar-refractivity contribution is 0.317. The summed E-state index contributed by atoms with van der Waals surface area (Å²) in [4.78, 5) is 0. The lowest BCUT2D eigenvalue weighted by Gasteiger charge is -2.12. The lowest BCUT2D eigenvalue weighted by Crippen LogP contribution is -2.02. The highest BCUT2D eigenvalue weighted by Gasteiger charge is 2.09. The van der Waals surface area contributed by atoms with E-state index in [9.17, 15) is 9.50 Å². The first kappa shape index (κ1) is 14.7. The van der Waals surface area contributed by atoms with Crippen LogP contribution >= 0.6 is 15.9 Å². The number of rotatable bonds is 5. The number of hydrogen-bond donors (Lipinski definition) is 2. The van der Waals surface area contributed by atoms with E-state index < -0.39 is 0 Å². The maximum atomic E-state index is 13.7. The van der Waals surface area contributed by atoms with Gasteiger partial charge in [0.15, 0.2) is 11.5 Å². The Kier molecular flexibility index (Phi) is 4.84. The van der Waals surface area contributed by atoms with Gasteiger partial charge in [-0.15, -0.1) is 0 Å². The largest absolute Gasteiger partial charge is 0.504 e. The van der Waals surface area contributed by atoms with Gasteiger partial charge in [0.05, 0.1) is 12.3 Å². The number of anilines is 1. The molecule has 2 aromatic carbocycles. The zero-order valence-electron chi connectivity index (χ0n) is 11.0. The molecule has 2 aromatic rings. The standard InChI is InChI=1S/C15H15BrFNO2/c1-2-20-14-5-3-4-10(15(14)19)9-18-13-7-6-11(16)8-12(13)17/h3-8,18-19H,2,9H2,1H3. The average Bonchev–Trinajstić information content (AvgIpc) is 2.42. The Morgan fingerprint density at radius 1 is 1.30 bits per heavy atom. The van der Waals surface area contributed by atoms with Crippen molar-refractivity contribution in [2.24, 2.45) is 0 Å². The SMILES string of the molecule is CCOc1cccc(CNc2ccc(Br)cc2F)c1O. The van der Waals surface area contributed by atoms with Crippen LogP contribution < -0.4 is 10.1 Å². The number of nitrogens with one attached hydrogen (secondary N) is 1. The van der Waals surface area contributed by atoms with Crippen molar-refractivity contribution in [3.8, 4) is 11.5 Å². The molecule has 0 fully saturated rings. The Labute approximate surface area is 125 Å². The van der Waals surface area contributed by atoms with Gasteiger partial charge in [-0.1, -0.05) is 28.1 Å². The smallest absolute Gasteiger partial charge is 0.162 e. The molecule has 0 saturated heterocycles. The summed E-state index contributed by atoms with van der Waals surface area (Å²) in [6.45, 7) is 2.64. The zero-order chi connectivity index (χ0) is 14.5. The van der Waals surface area contributed by atoms with Gasteiger partial charge in [0.2, 0.25) is 0 Å². The molecule has 0 aliphatic heterocycles. The van der Waals surface area contributed by atoms with Crippen molar-refractivity contribution in [2.75, 3.05) is 11.9 Å². The summed E-state index contributed by atoms with van der Waals surface area (Å²) in [5.41, 5.74) is 1.03. The Hall–Kier alpha value is -1.75. The van der Waals surface area contributed by atoms with Crippen molar-refractivity contribution in [3.05, 3.63) is 52.3 Å². The molecule has 2 rings (SSSR count). The highest BCUT2D eigenvalue weighted by molar-refractivity contribution is 9.10. The van der Waals surface area contributed by atoms with E-state index in [0.717, 1.165) is 0 Å².